The van der Waals surface area contributed by atoms with Gasteiger partial charge in [0.05, 0.1) is 10.8 Å². The minimum atomic E-state index is -0.00796. The molecule has 0 bridgehead atoms. The van der Waals surface area contributed by atoms with Crippen molar-refractivity contribution in [2.24, 2.45) is 4.99 Å². The summed E-state index contributed by atoms with van der Waals surface area (Å²) in [6.45, 7) is 0. The number of nitrogens with zero attached hydrogens (tertiary/aromatic N) is 1. The van der Waals surface area contributed by atoms with Gasteiger partial charge in [-0.2, -0.15) is 0 Å². The van der Waals surface area contributed by atoms with Crippen LogP contribution in [0.2, 0.25) is 0 Å². The predicted octanol–water partition coefficient (Wildman–Crippen LogP) is 3.21. The number of carbonyl (C=O) groups is 1. The van der Waals surface area contributed by atoms with Gasteiger partial charge in [-0.1, -0.05) is 27.7 Å². The molecule has 1 aromatic carbocycles. The molecule has 1 amide bonds. The van der Waals surface area contributed by atoms with E-state index in [0.717, 1.165) is 15.3 Å². The van der Waals surface area contributed by atoms with Crippen molar-refractivity contribution in [2.75, 3.05) is 11.5 Å². The summed E-state index contributed by atoms with van der Waals surface area (Å²) in [7, 11) is 0. The summed E-state index contributed by atoms with van der Waals surface area (Å²) in [6, 6.07) is 8.13. The third-order valence-corrected chi connectivity index (χ3v) is 4.48. The molecule has 0 spiro atoms. The number of hydrogen-bond acceptors (Lipinski definition) is 3. The SMILES string of the molecule is O=C1CSC(CSc2ccc(Br)cc2)=N1. The van der Waals surface area contributed by atoms with Crippen molar-refractivity contribution >= 4 is 50.4 Å². The van der Waals surface area contributed by atoms with Crippen molar-refractivity contribution in [3.05, 3.63) is 28.7 Å². The van der Waals surface area contributed by atoms with E-state index < -0.39 is 0 Å². The molecular formula is C10H8BrNOS2. The Balaban J connectivity index is 1.91. The van der Waals surface area contributed by atoms with Crippen LogP contribution in [0, 0.1) is 0 Å². The molecule has 0 N–H and O–H groups in total. The molecule has 5 heteroatoms. The Kier molecular flexibility index (Phi) is 3.88. The fraction of sp³-hybridized carbons (Fsp3) is 0.200. The fourth-order valence-corrected chi connectivity index (χ4v) is 3.08. The largest absolute Gasteiger partial charge is 0.272 e. The van der Waals surface area contributed by atoms with E-state index in [1.165, 1.54) is 4.90 Å². The molecule has 1 aliphatic heterocycles. The third kappa shape index (κ3) is 3.36. The van der Waals surface area contributed by atoms with Gasteiger partial charge in [0.15, 0.2) is 0 Å². The van der Waals surface area contributed by atoms with Crippen molar-refractivity contribution in [3.63, 3.8) is 0 Å². The first kappa shape index (κ1) is 11.2. The molecule has 2 nitrogen and oxygen atoms in total. The Morgan fingerprint density at radius 2 is 2.13 bits per heavy atom. The summed E-state index contributed by atoms with van der Waals surface area (Å²) in [5, 5.41) is 0.938. The maximum atomic E-state index is 10.9. The van der Waals surface area contributed by atoms with Crippen molar-refractivity contribution in [3.8, 4) is 0 Å². The molecule has 1 heterocycles. The molecular weight excluding hydrogens is 294 g/mol. The maximum absolute atomic E-state index is 10.9. The van der Waals surface area contributed by atoms with Gasteiger partial charge in [0, 0.05) is 15.1 Å². The number of hydrogen-bond donors (Lipinski definition) is 0. The second-order valence-electron chi connectivity index (χ2n) is 2.93. The summed E-state index contributed by atoms with van der Waals surface area (Å²) < 4.78 is 1.08. The Morgan fingerprint density at radius 3 is 2.73 bits per heavy atom. The van der Waals surface area contributed by atoms with Crippen molar-refractivity contribution in [1.82, 2.24) is 0 Å². The number of benzene rings is 1. The molecule has 0 aromatic heterocycles. The van der Waals surface area contributed by atoms with Gasteiger partial charge in [-0.15, -0.1) is 11.8 Å². The van der Waals surface area contributed by atoms with Gasteiger partial charge >= 0.3 is 0 Å². The summed E-state index contributed by atoms with van der Waals surface area (Å²) in [5.41, 5.74) is 0. The summed E-state index contributed by atoms with van der Waals surface area (Å²) in [5.74, 6) is 1.29. The average molecular weight is 302 g/mol. The first-order valence-corrected chi connectivity index (χ1v) is 7.12. The van der Waals surface area contributed by atoms with Gasteiger partial charge in [0.25, 0.3) is 5.91 Å². The summed E-state index contributed by atoms with van der Waals surface area (Å²) in [4.78, 5) is 16.0. The number of aliphatic imine (C=N–C) groups is 1. The molecule has 0 saturated heterocycles. The Morgan fingerprint density at radius 1 is 1.40 bits per heavy atom. The van der Waals surface area contributed by atoms with E-state index in [1.807, 2.05) is 12.1 Å². The number of thioether (sulfide) groups is 2. The molecule has 1 aliphatic rings. The van der Waals surface area contributed by atoms with E-state index >= 15 is 0 Å². The van der Waals surface area contributed by atoms with Crippen LogP contribution in [0.15, 0.2) is 38.6 Å². The lowest BCUT2D eigenvalue weighted by molar-refractivity contribution is -0.115. The minimum absolute atomic E-state index is 0.00796. The topological polar surface area (TPSA) is 29.4 Å². The second kappa shape index (κ2) is 5.18. The van der Waals surface area contributed by atoms with E-state index in [4.69, 9.17) is 0 Å². The van der Waals surface area contributed by atoms with Crippen LogP contribution in [0.5, 0.6) is 0 Å². The van der Waals surface area contributed by atoms with Crippen molar-refractivity contribution in [2.45, 2.75) is 4.90 Å². The van der Waals surface area contributed by atoms with Gasteiger partial charge in [0.1, 0.15) is 0 Å². The van der Waals surface area contributed by atoms with Gasteiger partial charge in [-0.25, -0.2) is 4.99 Å². The molecule has 0 unspecified atom stereocenters. The first-order valence-electron chi connectivity index (χ1n) is 4.35. The number of rotatable bonds is 3. The molecule has 2 rings (SSSR count). The van der Waals surface area contributed by atoms with Crippen LogP contribution in [-0.2, 0) is 4.79 Å². The Labute approximate surface area is 105 Å². The van der Waals surface area contributed by atoms with Crippen LogP contribution in [0.1, 0.15) is 0 Å². The van der Waals surface area contributed by atoms with Crippen LogP contribution >= 0.6 is 39.5 Å². The highest BCUT2D eigenvalue weighted by Crippen LogP contribution is 2.24. The van der Waals surface area contributed by atoms with Crippen LogP contribution in [0.3, 0.4) is 0 Å². The zero-order valence-corrected chi connectivity index (χ0v) is 11.0. The average Bonchev–Trinajstić information content (AvgIpc) is 2.64. The molecule has 15 heavy (non-hydrogen) atoms. The maximum Gasteiger partial charge on any atom is 0.256 e. The lowest BCUT2D eigenvalue weighted by Gasteiger charge is -2.00. The standard InChI is InChI=1S/C10H8BrNOS2/c11-7-1-3-8(4-2-7)14-6-10-12-9(13)5-15-10/h1-4H,5-6H2. The highest BCUT2D eigenvalue weighted by molar-refractivity contribution is 9.10. The predicted molar refractivity (Wildman–Crippen MR) is 69.8 cm³/mol. The fourth-order valence-electron chi connectivity index (χ4n) is 1.10. The quantitative estimate of drug-likeness (QED) is 0.803. The normalized spacial score (nSPS) is 15.5. The molecule has 0 atom stereocenters. The monoisotopic (exact) mass is 301 g/mol. The number of carbonyl (C=O) groups excluding carboxylic acids is 1. The van der Waals surface area contributed by atoms with Crippen LogP contribution in [0.25, 0.3) is 0 Å². The zero-order valence-electron chi connectivity index (χ0n) is 7.77. The van der Waals surface area contributed by atoms with E-state index in [1.54, 1.807) is 23.5 Å². The molecule has 0 saturated carbocycles. The highest BCUT2D eigenvalue weighted by atomic mass is 79.9. The van der Waals surface area contributed by atoms with Gasteiger partial charge in [0.2, 0.25) is 0 Å². The molecule has 78 valence electrons. The van der Waals surface area contributed by atoms with Gasteiger partial charge < -0.3 is 0 Å². The molecule has 1 aromatic rings. The minimum Gasteiger partial charge on any atom is -0.272 e. The van der Waals surface area contributed by atoms with E-state index in [-0.39, 0.29) is 5.91 Å². The van der Waals surface area contributed by atoms with Crippen LogP contribution in [-0.4, -0.2) is 22.5 Å². The molecule has 0 aliphatic carbocycles. The molecule has 0 radical (unpaired) electrons. The van der Waals surface area contributed by atoms with Crippen LogP contribution < -0.4 is 0 Å². The lowest BCUT2D eigenvalue weighted by Crippen LogP contribution is -1.91. The number of halogens is 1. The smallest absolute Gasteiger partial charge is 0.256 e. The highest BCUT2D eigenvalue weighted by Gasteiger charge is 2.14. The first-order chi connectivity index (χ1) is 7.24. The zero-order chi connectivity index (χ0) is 10.7. The molecule has 0 fully saturated rings. The lowest BCUT2D eigenvalue weighted by atomic mass is 10.4. The van der Waals surface area contributed by atoms with Crippen molar-refractivity contribution in [1.29, 1.82) is 0 Å². The Bertz CT molecular complexity index is 402. The second-order valence-corrected chi connectivity index (χ2v) is 5.94. The number of amides is 1. The van der Waals surface area contributed by atoms with Gasteiger partial charge in [-0.05, 0) is 24.3 Å². The van der Waals surface area contributed by atoms with E-state index in [2.05, 4.69) is 33.1 Å². The summed E-state index contributed by atoms with van der Waals surface area (Å²) in [6.07, 6.45) is 0. The van der Waals surface area contributed by atoms with Gasteiger partial charge in [-0.3, -0.25) is 4.79 Å². The summed E-state index contributed by atoms with van der Waals surface area (Å²) >= 11 is 6.64. The van der Waals surface area contributed by atoms with Crippen LogP contribution in [0.4, 0.5) is 0 Å². The van der Waals surface area contributed by atoms with E-state index in [9.17, 15) is 4.79 Å². The van der Waals surface area contributed by atoms with E-state index in [0.29, 0.717) is 5.75 Å². The Hall–Kier alpha value is -0.260. The van der Waals surface area contributed by atoms with Crippen molar-refractivity contribution < 1.29 is 4.79 Å². The third-order valence-electron chi connectivity index (χ3n) is 1.79.